The zero-order valence-corrected chi connectivity index (χ0v) is 10.2. The molecule has 3 nitrogen and oxygen atoms in total. The fourth-order valence-corrected chi connectivity index (χ4v) is 1.32. The number of amides is 1. The predicted octanol–water partition coefficient (Wildman–Crippen LogP) is 2.27. The highest BCUT2D eigenvalue weighted by molar-refractivity contribution is 5.85. The van der Waals surface area contributed by atoms with Crippen LogP contribution in [-0.2, 0) is 11.2 Å². The number of carbonyl (C=O) groups is 1. The molecule has 1 rings (SSSR count). The Hall–Kier alpha value is -1.22. The quantitative estimate of drug-likeness (QED) is 0.834. The Morgan fingerprint density at radius 3 is 2.50 bits per heavy atom. The van der Waals surface area contributed by atoms with Gasteiger partial charge in [-0.2, -0.15) is 0 Å². The lowest BCUT2D eigenvalue weighted by Gasteiger charge is -2.04. The van der Waals surface area contributed by atoms with Crippen LogP contribution in [0.4, 0.5) is 0 Å². The van der Waals surface area contributed by atoms with Crippen LogP contribution in [0.25, 0.3) is 0 Å². The van der Waals surface area contributed by atoms with E-state index in [0.29, 0.717) is 13.0 Å². The van der Waals surface area contributed by atoms with Crippen molar-refractivity contribution >= 4 is 18.3 Å². The Balaban J connectivity index is 0.00000225. The van der Waals surface area contributed by atoms with Gasteiger partial charge in [-0.3, -0.25) is 4.79 Å². The third kappa shape index (κ3) is 5.61. The second kappa shape index (κ2) is 7.99. The Morgan fingerprint density at radius 1 is 1.31 bits per heavy atom. The van der Waals surface area contributed by atoms with Crippen molar-refractivity contribution in [2.75, 3.05) is 6.54 Å². The van der Waals surface area contributed by atoms with E-state index in [0.717, 1.165) is 18.4 Å². The topological polar surface area (TPSA) is 49.3 Å². The fourth-order valence-electron chi connectivity index (χ4n) is 1.32. The van der Waals surface area contributed by atoms with Gasteiger partial charge in [0.1, 0.15) is 5.75 Å². The number of rotatable bonds is 5. The van der Waals surface area contributed by atoms with Crippen molar-refractivity contribution in [3.05, 3.63) is 29.8 Å². The van der Waals surface area contributed by atoms with Crippen LogP contribution in [0.1, 0.15) is 25.3 Å². The number of halogens is 1. The van der Waals surface area contributed by atoms with Crippen LogP contribution in [0.2, 0.25) is 0 Å². The maximum Gasteiger partial charge on any atom is 0.219 e. The highest BCUT2D eigenvalue weighted by Crippen LogP contribution is 2.09. The smallest absolute Gasteiger partial charge is 0.219 e. The molecule has 0 saturated heterocycles. The highest BCUT2D eigenvalue weighted by Gasteiger charge is 1.98. The van der Waals surface area contributed by atoms with Crippen molar-refractivity contribution in [2.45, 2.75) is 26.2 Å². The lowest BCUT2D eigenvalue weighted by Crippen LogP contribution is -2.25. The lowest BCUT2D eigenvalue weighted by molar-refractivity contribution is -0.121. The molecule has 0 spiro atoms. The van der Waals surface area contributed by atoms with E-state index in [1.54, 1.807) is 12.1 Å². The number of carbonyl (C=O) groups excluding carboxylic acids is 1. The molecule has 0 aromatic heterocycles. The van der Waals surface area contributed by atoms with Gasteiger partial charge >= 0.3 is 0 Å². The van der Waals surface area contributed by atoms with E-state index in [2.05, 4.69) is 5.32 Å². The van der Waals surface area contributed by atoms with E-state index >= 15 is 0 Å². The van der Waals surface area contributed by atoms with Crippen LogP contribution in [0, 0.1) is 0 Å². The van der Waals surface area contributed by atoms with Gasteiger partial charge in [-0.25, -0.2) is 0 Å². The van der Waals surface area contributed by atoms with Gasteiger partial charge in [-0.15, -0.1) is 12.4 Å². The molecule has 2 N–H and O–H groups in total. The summed E-state index contributed by atoms with van der Waals surface area (Å²) >= 11 is 0. The number of benzene rings is 1. The molecule has 0 aliphatic rings. The van der Waals surface area contributed by atoms with Gasteiger partial charge in [0.15, 0.2) is 0 Å². The first-order valence-electron chi connectivity index (χ1n) is 5.27. The van der Waals surface area contributed by atoms with E-state index in [1.807, 2.05) is 19.1 Å². The predicted molar refractivity (Wildman–Crippen MR) is 67.0 cm³/mol. The molecule has 0 aliphatic carbocycles. The third-order valence-electron chi connectivity index (χ3n) is 2.15. The van der Waals surface area contributed by atoms with Crippen LogP contribution >= 0.6 is 12.4 Å². The minimum atomic E-state index is 0. The molecule has 0 fully saturated rings. The van der Waals surface area contributed by atoms with Gasteiger partial charge in [0, 0.05) is 13.0 Å². The largest absolute Gasteiger partial charge is 0.508 e. The Bertz CT molecular complexity index is 311. The molecule has 0 bridgehead atoms. The summed E-state index contributed by atoms with van der Waals surface area (Å²) in [5.41, 5.74) is 1.12. The molecule has 1 aromatic rings. The molecule has 16 heavy (non-hydrogen) atoms. The molecular weight excluding hydrogens is 226 g/mol. The second-order valence-electron chi connectivity index (χ2n) is 3.52. The van der Waals surface area contributed by atoms with Crippen LogP contribution < -0.4 is 5.32 Å². The summed E-state index contributed by atoms with van der Waals surface area (Å²) in [6.45, 7) is 2.64. The summed E-state index contributed by atoms with van der Waals surface area (Å²) in [4.78, 5) is 11.1. The number of hydrogen-bond acceptors (Lipinski definition) is 2. The van der Waals surface area contributed by atoms with E-state index < -0.39 is 0 Å². The van der Waals surface area contributed by atoms with Gasteiger partial charge < -0.3 is 10.4 Å². The third-order valence-corrected chi connectivity index (χ3v) is 2.15. The van der Waals surface area contributed by atoms with E-state index in [4.69, 9.17) is 5.11 Å². The summed E-state index contributed by atoms with van der Waals surface area (Å²) in [5.74, 6) is 0.380. The van der Waals surface area contributed by atoms with Gasteiger partial charge in [-0.1, -0.05) is 19.1 Å². The SMILES string of the molecule is CCCC(=O)NCCc1ccc(O)cc1.Cl. The molecule has 0 aliphatic heterocycles. The summed E-state index contributed by atoms with van der Waals surface area (Å²) in [7, 11) is 0. The second-order valence-corrected chi connectivity index (χ2v) is 3.52. The molecule has 0 unspecified atom stereocenters. The van der Waals surface area contributed by atoms with Crippen molar-refractivity contribution in [2.24, 2.45) is 0 Å². The molecule has 0 atom stereocenters. The standard InChI is InChI=1S/C12H17NO2.ClH/c1-2-3-12(15)13-9-8-10-4-6-11(14)7-5-10;/h4-7,14H,2-3,8-9H2,1H3,(H,13,15);1H. The lowest BCUT2D eigenvalue weighted by atomic mass is 10.1. The minimum Gasteiger partial charge on any atom is -0.508 e. The fraction of sp³-hybridized carbons (Fsp3) is 0.417. The summed E-state index contributed by atoms with van der Waals surface area (Å²) in [6.07, 6.45) is 2.27. The van der Waals surface area contributed by atoms with E-state index in [1.165, 1.54) is 0 Å². The van der Waals surface area contributed by atoms with Gasteiger partial charge in [-0.05, 0) is 30.5 Å². The molecule has 0 radical (unpaired) electrons. The van der Waals surface area contributed by atoms with Crippen molar-refractivity contribution in [3.8, 4) is 5.75 Å². The van der Waals surface area contributed by atoms with Gasteiger partial charge in [0.05, 0.1) is 0 Å². The monoisotopic (exact) mass is 243 g/mol. The Labute approximate surface area is 102 Å². The number of phenols is 1. The highest BCUT2D eigenvalue weighted by atomic mass is 35.5. The first kappa shape index (κ1) is 14.8. The number of aromatic hydroxyl groups is 1. The molecule has 1 aromatic carbocycles. The molecule has 0 heterocycles. The van der Waals surface area contributed by atoms with Gasteiger partial charge in [0.25, 0.3) is 0 Å². The summed E-state index contributed by atoms with van der Waals surface area (Å²) < 4.78 is 0. The number of hydrogen-bond donors (Lipinski definition) is 2. The first-order chi connectivity index (χ1) is 7.22. The van der Waals surface area contributed by atoms with E-state index in [-0.39, 0.29) is 24.1 Å². The average molecular weight is 244 g/mol. The zero-order valence-electron chi connectivity index (χ0n) is 9.40. The molecular formula is C12H18ClNO2. The average Bonchev–Trinajstić information content (AvgIpc) is 2.21. The number of nitrogens with one attached hydrogen (secondary N) is 1. The maximum atomic E-state index is 11.1. The number of phenolic OH excluding ortho intramolecular Hbond substituents is 1. The van der Waals surface area contributed by atoms with Crippen molar-refractivity contribution in [1.82, 2.24) is 5.32 Å². The summed E-state index contributed by atoms with van der Waals surface area (Å²) in [5, 5.41) is 11.9. The van der Waals surface area contributed by atoms with Crippen molar-refractivity contribution in [3.63, 3.8) is 0 Å². The molecule has 1 amide bonds. The molecule has 90 valence electrons. The summed E-state index contributed by atoms with van der Waals surface area (Å²) in [6, 6.07) is 7.04. The van der Waals surface area contributed by atoms with Crippen LogP contribution in [0.5, 0.6) is 5.75 Å². The van der Waals surface area contributed by atoms with Crippen LogP contribution in [0.15, 0.2) is 24.3 Å². The zero-order chi connectivity index (χ0) is 11.1. The Kier molecular flexibility index (Phi) is 7.38. The van der Waals surface area contributed by atoms with Crippen molar-refractivity contribution < 1.29 is 9.90 Å². The van der Waals surface area contributed by atoms with Gasteiger partial charge in [0.2, 0.25) is 5.91 Å². The van der Waals surface area contributed by atoms with Crippen molar-refractivity contribution in [1.29, 1.82) is 0 Å². The van der Waals surface area contributed by atoms with Crippen LogP contribution in [0.3, 0.4) is 0 Å². The maximum absolute atomic E-state index is 11.1. The van der Waals surface area contributed by atoms with E-state index in [9.17, 15) is 4.79 Å². The normalized spacial score (nSPS) is 9.31. The Morgan fingerprint density at radius 2 is 1.94 bits per heavy atom. The molecule has 0 saturated carbocycles. The molecule has 4 heteroatoms. The first-order valence-corrected chi connectivity index (χ1v) is 5.27. The van der Waals surface area contributed by atoms with Crippen LogP contribution in [-0.4, -0.2) is 17.6 Å². The minimum absolute atomic E-state index is 0.